The first-order valence-corrected chi connectivity index (χ1v) is 9.03. The van der Waals surface area contributed by atoms with E-state index >= 15 is 0 Å². The number of carboxylic acid groups (broad SMARTS) is 1. The van der Waals surface area contributed by atoms with Crippen LogP contribution in [0.15, 0.2) is 0 Å². The SMILES string of the molecule is CCCC1SCC(C(=O)O)N1C(=O)NCC1(C2CC2)CC1. The number of amides is 2. The van der Waals surface area contributed by atoms with Crippen molar-refractivity contribution in [2.24, 2.45) is 11.3 Å². The molecule has 3 fully saturated rings. The summed E-state index contributed by atoms with van der Waals surface area (Å²) < 4.78 is 0. The molecule has 5 nitrogen and oxygen atoms in total. The van der Waals surface area contributed by atoms with E-state index in [-0.39, 0.29) is 11.4 Å². The lowest BCUT2D eigenvalue weighted by atomic mass is 10.0. The fraction of sp³-hybridized carbons (Fsp3) is 0.867. The van der Waals surface area contributed by atoms with E-state index < -0.39 is 12.0 Å². The molecular formula is C15H24N2O3S. The van der Waals surface area contributed by atoms with Crippen LogP contribution in [0.5, 0.6) is 0 Å². The number of urea groups is 1. The molecular weight excluding hydrogens is 288 g/mol. The van der Waals surface area contributed by atoms with Gasteiger partial charge in [0.1, 0.15) is 6.04 Å². The molecule has 118 valence electrons. The Morgan fingerprint density at radius 1 is 1.38 bits per heavy atom. The van der Waals surface area contributed by atoms with E-state index in [1.807, 2.05) is 0 Å². The van der Waals surface area contributed by atoms with E-state index in [0.29, 0.717) is 11.2 Å². The zero-order valence-electron chi connectivity index (χ0n) is 12.5. The van der Waals surface area contributed by atoms with Crippen LogP contribution >= 0.6 is 11.8 Å². The normalized spacial score (nSPS) is 30.2. The van der Waals surface area contributed by atoms with Crippen LogP contribution < -0.4 is 5.32 Å². The second-order valence-corrected chi connectivity index (χ2v) is 7.84. The molecule has 0 aromatic carbocycles. The summed E-state index contributed by atoms with van der Waals surface area (Å²) in [5, 5.41) is 12.4. The summed E-state index contributed by atoms with van der Waals surface area (Å²) in [5.41, 5.74) is 0.349. The Morgan fingerprint density at radius 2 is 2.10 bits per heavy atom. The quantitative estimate of drug-likeness (QED) is 0.790. The lowest BCUT2D eigenvalue weighted by Gasteiger charge is -2.28. The second-order valence-electron chi connectivity index (χ2n) is 6.63. The smallest absolute Gasteiger partial charge is 0.327 e. The van der Waals surface area contributed by atoms with E-state index in [1.165, 1.54) is 25.7 Å². The molecule has 2 saturated carbocycles. The molecule has 0 radical (unpaired) electrons. The molecule has 0 bridgehead atoms. The van der Waals surface area contributed by atoms with Gasteiger partial charge in [0.25, 0.3) is 0 Å². The van der Waals surface area contributed by atoms with E-state index in [0.717, 1.165) is 25.3 Å². The highest BCUT2D eigenvalue weighted by atomic mass is 32.2. The molecule has 0 aromatic heterocycles. The first-order valence-electron chi connectivity index (χ1n) is 7.98. The Labute approximate surface area is 129 Å². The van der Waals surface area contributed by atoms with Crippen LogP contribution in [0.1, 0.15) is 45.4 Å². The van der Waals surface area contributed by atoms with Gasteiger partial charge in [0.15, 0.2) is 0 Å². The number of hydrogen-bond donors (Lipinski definition) is 2. The molecule has 1 aliphatic heterocycles. The molecule has 0 aromatic rings. The van der Waals surface area contributed by atoms with E-state index in [9.17, 15) is 14.7 Å². The van der Waals surface area contributed by atoms with Crippen molar-refractivity contribution in [2.75, 3.05) is 12.3 Å². The van der Waals surface area contributed by atoms with Crippen LogP contribution in [0.25, 0.3) is 0 Å². The number of carbonyl (C=O) groups excluding carboxylic acids is 1. The monoisotopic (exact) mass is 312 g/mol. The van der Waals surface area contributed by atoms with Crippen molar-refractivity contribution in [3.05, 3.63) is 0 Å². The van der Waals surface area contributed by atoms with Gasteiger partial charge in [-0.3, -0.25) is 4.90 Å². The highest BCUT2D eigenvalue weighted by Gasteiger charge is 2.54. The van der Waals surface area contributed by atoms with Crippen molar-refractivity contribution < 1.29 is 14.7 Å². The average molecular weight is 312 g/mol. The first-order chi connectivity index (χ1) is 10.1. The third kappa shape index (κ3) is 3.00. The number of rotatable bonds is 6. The van der Waals surface area contributed by atoms with Gasteiger partial charge in [-0.2, -0.15) is 0 Å². The predicted molar refractivity (Wildman–Crippen MR) is 82.2 cm³/mol. The Bertz CT molecular complexity index is 435. The molecule has 21 heavy (non-hydrogen) atoms. The van der Waals surface area contributed by atoms with Gasteiger partial charge in [-0.1, -0.05) is 13.3 Å². The third-order valence-electron chi connectivity index (χ3n) is 5.07. The molecule has 0 spiro atoms. The minimum absolute atomic E-state index is 0.00665. The Balaban J connectivity index is 1.60. The minimum atomic E-state index is -0.889. The van der Waals surface area contributed by atoms with Crippen LogP contribution in [0.3, 0.4) is 0 Å². The van der Waals surface area contributed by atoms with E-state index in [1.54, 1.807) is 16.7 Å². The molecule has 2 aliphatic carbocycles. The van der Waals surface area contributed by atoms with E-state index in [2.05, 4.69) is 12.2 Å². The summed E-state index contributed by atoms with van der Waals surface area (Å²) in [4.78, 5) is 25.4. The van der Waals surface area contributed by atoms with Gasteiger partial charge in [-0.15, -0.1) is 11.8 Å². The van der Waals surface area contributed by atoms with Crippen LogP contribution in [-0.2, 0) is 4.79 Å². The molecule has 1 heterocycles. The highest BCUT2D eigenvalue weighted by molar-refractivity contribution is 8.00. The number of carboxylic acids is 1. The van der Waals surface area contributed by atoms with Crippen molar-refractivity contribution in [3.63, 3.8) is 0 Å². The number of hydrogen-bond acceptors (Lipinski definition) is 3. The number of aliphatic carboxylic acids is 1. The fourth-order valence-corrected chi connectivity index (χ4v) is 4.94. The summed E-state index contributed by atoms with van der Waals surface area (Å²) in [5.74, 6) is 0.410. The maximum absolute atomic E-state index is 12.5. The van der Waals surface area contributed by atoms with Crippen LogP contribution in [0, 0.1) is 11.3 Å². The van der Waals surface area contributed by atoms with Gasteiger partial charge in [0.05, 0.1) is 5.37 Å². The number of carbonyl (C=O) groups is 2. The van der Waals surface area contributed by atoms with Crippen molar-refractivity contribution in [2.45, 2.75) is 56.9 Å². The standard InChI is InChI=1S/C15H24N2O3S/c1-2-3-12-17(11(8-21-12)13(18)19)14(20)16-9-15(6-7-15)10-4-5-10/h10-12H,2-9H2,1H3,(H,16,20)(H,18,19). The lowest BCUT2D eigenvalue weighted by molar-refractivity contribution is -0.141. The molecule has 2 unspecified atom stereocenters. The van der Waals surface area contributed by atoms with Gasteiger partial charge < -0.3 is 10.4 Å². The maximum Gasteiger partial charge on any atom is 0.327 e. The zero-order chi connectivity index (χ0) is 15.0. The average Bonchev–Trinajstić information content (AvgIpc) is 3.33. The summed E-state index contributed by atoms with van der Waals surface area (Å²) in [6, 6.07) is -0.861. The largest absolute Gasteiger partial charge is 0.480 e. The van der Waals surface area contributed by atoms with Crippen molar-refractivity contribution in [3.8, 4) is 0 Å². The van der Waals surface area contributed by atoms with Gasteiger partial charge in [-0.25, -0.2) is 9.59 Å². The topological polar surface area (TPSA) is 69.6 Å². The van der Waals surface area contributed by atoms with Crippen molar-refractivity contribution in [1.82, 2.24) is 10.2 Å². The Morgan fingerprint density at radius 3 is 2.62 bits per heavy atom. The summed E-state index contributed by atoms with van der Waals surface area (Å²) >= 11 is 1.59. The van der Waals surface area contributed by atoms with Gasteiger partial charge in [0.2, 0.25) is 0 Å². The van der Waals surface area contributed by atoms with Crippen LogP contribution in [0.2, 0.25) is 0 Å². The molecule has 2 atom stereocenters. The minimum Gasteiger partial charge on any atom is -0.480 e. The Hall–Kier alpha value is -0.910. The zero-order valence-corrected chi connectivity index (χ0v) is 13.3. The molecule has 2 amide bonds. The van der Waals surface area contributed by atoms with E-state index in [4.69, 9.17) is 0 Å². The van der Waals surface area contributed by atoms with Gasteiger partial charge >= 0.3 is 12.0 Å². The predicted octanol–water partition coefficient (Wildman–Crippen LogP) is 2.51. The first kappa shape index (κ1) is 15.0. The van der Waals surface area contributed by atoms with Crippen LogP contribution in [0.4, 0.5) is 4.79 Å². The number of nitrogens with zero attached hydrogens (tertiary/aromatic N) is 1. The van der Waals surface area contributed by atoms with Crippen molar-refractivity contribution >= 4 is 23.8 Å². The molecule has 6 heteroatoms. The maximum atomic E-state index is 12.5. The molecule has 3 rings (SSSR count). The lowest BCUT2D eigenvalue weighted by Crippen LogP contribution is -2.51. The molecule has 1 saturated heterocycles. The van der Waals surface area contributed by atoms with Gasteiger partial charge in [-0.05, 0) is 43.4 Å². The van der Waals surface area contributed by atoms with Crippen molar-refractivity contribution in [1.29, 1.82) is 0 Å². The molecule has 2 N–H and O–H groups in total. The molecule has 3 aliphatic rings. The van der Waals surface area contributed by atoms with Gasteiger partial charge in [0, 0.05) is 12.3 Å². The summed E-state index contributed by atoms with van der Waals surface area (Å²) in [6.45, 7) is 2.79. The van der Waals surface area contributed by atoms with Crippen LogP contribution in [-0.4, -0.2) is 45.7 Å². The highest BCUT2D eigenvalue weighted by Crippen LogP contribution is 2.60. The fourth-order valence-electron chi connectivity index (χ4n) is 3.42. The number of nitrogens with one attached hydrogen (secondary N) is 1. The Kier molecular flexibility index (Phi) is 4.08. The summed E-state index contributed by atoms with van der Waals surface area (Å²) in [6.07, 6.45) is 6.84. The number of thioether (sulfide) groups is 1. The summed E-state index contributed by atoms with van der Waals surface area (Å²) in [7, 11) is 0. The second kappa shape index (κ2) is 5.71. The third-order valence-corrected chi connectivity index (χ3v) is 6.43.